The molecule has 0 fully saturated rings. The molecular weight excluding hydrogens is 392 g/mol. The summed E-state index contributed by atoms with van der Waals surface area (Å²) in [4.78, 5) is 13.8. The Hall–Kier alpha value is -2.94. The zero-order valence-electron chi connectivity index (χ0n) is 15.4. The molecule has 0 bridgehead atoms. The van der Waals surface area contributed by atoms with Crippen molar-refractivity contribution in [3.8, 4) is 11.5 Å². The Balaban J connectivity index is 2.14. The summed E-state index contributed by atoms with van der Waals surface area (Å²) in [5.74, 6) is -0.359. The van der Waals surface area contributed by atoms with Crippen LogP contribution in [0.2, 0.25) is 0 Å². The molecule has 9 heteroatoms. The van der Waals surface area contributed by atoms with Gasteiger partial charge in [-0.15, -0.1) is 0 Å². The van der Waals surface area contributed by atoms with Crippen LogP contribution in [0.1, 0.15) is 5.56 Å². The zero-order chi connectivity index (χ0) is 20.9. The molecule has 0 spiro atoms. The summed E-state index contributed by atoms with van der Waals surface area (Å²) in [5, 5.41) is 0. The van der Waals surface area contributed by atoms with Crippen LogP contribution < -0.4 is 14.4 Å². The summed E-state index contributed by atoms with van der Waals surface area (Å²) in [6, 6.07) is 10.2. The van der Waals surface area contributed by atoms with Crippen LogP contribution in [0, 0.1) is 0 Å². The average molecular weight is 411 g/mol. The van der Waals surface area contributed by atoms with Crippen molar-refractivity contribution in [2.45, 2.75) is 11.5 Å². The third kappa shape index (κ3) is 5.53. The highest BCUT2D eigenvalue weighted by Crippen LogP contribution is 2.30. The minimum absolute atomic E-state index is 0.107. The molecule has 2 aromatic carbocycles. The summed E-state index contributed by atoms with van der Waals surface area (Å²) in [6.45, 7) is -2.97. The second kappa shape index (κ2) is 8.83. The van der Waals surface area contributed by atoms with E-state index in [1.165, 1.54) is 66.6 Å². The van der Waals surface area contributed by atoms with Crippen molar-refractivity contribution in [3.63, 3.8) is 0 Å². The number of halogens is 2. The van der Waals surface area contributed by atoms with E-state index in [0.717, 1.165) is 6.26 Å². The smallest absolute Gasteiger partial charge is 0.387 e. The maximum Gasteiger partial charge on any atom is 0.387 e. The number of hydrogen-bond acceptors (Lipinski definition) is 5. The lowest BCUT2D eigenvalue weighted by atomic mass is 10.2. The molecule has 0 heterocycles. The Bertz CT molecular complexity index is 972. The Morgan fingerprint density at radius 2 is 1.75 bits per heavy atom. The molecule has 28 heavy (non-hydrogen) atoms. The van der Waals surface area contributed by atoms with E-state index >= 15 is 0 Å². The summed E-state index contributed by atoms with van der Waals surface area (Å²) in [6.07, 6.45) is 3.90. The minimum atomic E-state index is -3.32. The zero-order valence-corrected chi connectivity index (χ0v) is 16.2. The van der Waals surface area contributed by atoms with Crippen molar-refractivity contribution in [2.24, 2.45) is 0 Å². The number of likely N-dealkylation sites (N-methyl/N-ethyl adjacent to an activating group) is 1. The van der Waals surface area contributed by atoms with Gasteiger partial charge in [-0.2, -0.15) is 8.78 Å². The molecule has 0 aromatic heterocycles. The molecule has 2 aromatic rings. The number of anilines is 1. The van der Waals surface area contributed by atoms with Crippen molar-refractivity contribution in [1.29, 1.82) is 0 Å². The predicted octanol–water partition coefficient (Wildman–Crippen LogP) is 3.38. The van der Waals surface area contributed by atoms with E-state index in [0.29, 0.717) is 11.3 Å². The van der Waals surface area contributed by atoms with Gasteiger partial charge in [0.1, 0.15) is 0 Å². The van der Waals surface area contributed by atoms with Crippen LogP contribution in [-0.4, -0.2) is 41.3 Å². The van der Waals surface area contributed by atoms with Crippen LogP contribution in [0.5, 0.6) is 11.5 Å². The van der Waals surface area contributed by atoms with Crippen molar-refractivity contribution >= 4 is 27.5 Å². The molecular formula is C19H19F2NO5S. The number of methoxy groups -OCH3 is 1. The lowest BCUT2D eigenvalue weighted by molar-refractivity contribution is -0.113. The molecule has 2 rings (SSSR count). The third-order valence-corrected chi connectivity index (χ3v) is 4.93. The highest BCUT2D eigenvalue weighted by molar-refractivity contribution is 7.90. The number of carbonyl (C=O) groups is 1. The van der Waals surface area contributed by atoms with Crippen LogP contribution in [0.25, 0.3) is 6.08 Å². The topological polar surface area (TPSA) is 72.9 Å². The largest absolute Gasteiger partial charge is 0.493 e. The van der Waals surface area contributed by atoms with E-state index in [2.05, 4.69) is 4.74 Å². The Morgan fingerprint density at radius 3 is 2.29 bits per heavy atom. The first-order valence-corrected chi connectivity index (χ1v) is 9.89. The second-order valence-corrected chi connectivity index (χ2v) is 7.80. The fourth-order valence-corrected chi connectivity index (χ4v) is 2.94. The van der Waals surface area contributed by atoms with Crippen molar-refractivity contribution in [1.82, 2.24) is 0 Å². The lowest BCUT2D eigenvalue weighted by Gasteiger charge is -2.15. The molecule has 1 amide bonds. The summed E-state index contributed by atoms with van der Waals surface area (Å²) < 4.78 is 57.1. The second-order valence-electron chi connectivity index (χ2n) is 5.79. The number of sulfone groups is 1. The van der Waals surface area contributed by atoms with E-state index in [4.69, 9.17) is 4.74 Å². The Morgan fingerprint density at radius 1 is 1.11 bits per heavy atom. The number of nitrogens with zero attached hydrogens (tertiary/aromatic N) is 1. The van der Waals surface area contributed by atoms with E-state index < -0.39 is 16.4 Å². The van der Waals surface area contributed by atoms with Gasteiger partial charge in [0.05, 0.1) is 12.0 Å². The van der Waals surface area contributed by atoms with Crippen LogP contribution >= 0.6 is 0 Å². The first-order chi connectivity index (χ1) is 13.1. The molecule has 0 aliphatic heterocycles. The molecule has 0 aliphatic carbocycles. The van der Waals surface area contributed by atoms with E-state index in [-0.39, 0.29) is 22.3 Å². The molecule has 0 unspecified atom stereocenters. The molecule has 0 N–H and O–H groups in total. The fourth-order valence-electron chi connectivity index (χ4n) is 2.30. The maximum atomic E-state index is 12.4. The van der Waals surface area contributed by atoms with Gasteiger partial charge < -0.3 is 14.4 Å². The van der Waals surface area contributed by atoms with Crippen LogP contribution in [0.15, 0.2) is 53.4 Å². The van der Waals surface area contributed by atoms with Gasteiger partial charge in [-0.05, 0) is 48.0 Å². The monoisotopic (exact) mass is 411 g/mol. The number of carbonyl (C=O) groups excluding carboxylic acids is 1. The van der Waals surface area contributed by atoms with Crippen molar-refractivity contribution in [3.05, 3.63) is 54.1 Å². The highest BCUT2D eigenvalue weighted by atomic mass is 32.2. The quantitative estimate of drug-likeness (QED) is 0.653. The molecule has 0 aliphatic rings. The van der Waals surface area contributed by atoms with Gasteiger partial charge in [-0.1, -0.05) is 6.07 Å². The van der Waals surface area contributed by atoms with Crippen LogP contribution in [-0.2, 0) is 14.6 Å². The Labute approximate surface area is 161 Å². The number of ether oxygens (including phenoxy) is 2. The van der Waals surface area contributed by atoms with Crippen LogP contribution in [0.3, 0.4) is 0 Å². The molecule has 150 valence electrons. The maximum absolute atomic E-state index is 12.4. The predicted molar refractivity (Wildman–Crippen MR) is 102 cm³/mol. The first kappa shape index (κ1) is 21.4. The molecule has 0 atom stereocenters. The normalized spacial score (nSPS) is 11.6. The van der Waals surface area contributed by atoms with Gasteiger partial charge in [0.25, 0.3) is 5.91 Å². The van der Waals surface area contributed by atoms with Crippen molar-refractivity contribution in [2.75, 3.05) is 25.3 Å². The highest BCUT2D eigenvalue weighted by Gasteiger charge is 2.12. The molecule has 6 nitrogen and oxygen atoms in total. The van der Waals surface area contributed by atoms with Gasteiger partial charge in [0.15, 0.2) is 21.3 Å². The van der Waals surface area contributed by atoms with Crippen LogP contribution in [0.4, 0.5) is 14.5 Å². The van der Waals surface area contributed by atoms with Gasteiger partial charge in [-0.25, -0.2) is 8.42 Å². The lowest BCUT2D eigenvalue weighted by Crippen LogP contribution is -2.23. The van der Waals surface area contributed by atoms with E-state index in [1.54, 1.807) is 7.05 Å². The average Bonchev–Trinajstić information content (AvgIpc) is 2.65. The standard InChI is InChI=1S/C19H19F2NO5S/c1-22(14-6-8-15(9-7-14)28(3,24)25)18(23)11-5-13-4-10-16(27-19(20)21)17(12-13)26-2/h4-12,19H,1-3H3/b11-5+. The van der Waals surface area contributed by atoms with Gasteiger partial charge in [0.2, 0.25) is 0 Å². The minimum Gasteiger partial charge on any atom is -0.493 e. The van der Waals surface area contributed by atoms with Crippen molar-refractivity contribution < 1.29 is 31.5 Å². The van der Waals surface area contributed by atoms with Gasteiger partial charge in [-0.3, -0.25) is 4.79 Å². The van der Waals surface area contributed by atoms with E-state index in [9.17, 15) is 22.0 Å². The summed E-state index contributed by atoms with van der Waals surface area (Å²) in [5.41, 5.74) is 1.06. The van der Waals surface area contributed by atoms with Gasteiger partial charge >= 0.3 is 6.61 Å². The third-order valence-electron chi connectivity index (χ3n) is 3.80. The molecule has 0 radical (unpaired) electrons. The summed E-state index contributed by atoms with van der Waals surface area (Å²) >= 11 is 0. The fraction of sp³-hybridized carbons (Fsp3) is 0.211. The molecule has 0 saturated carbocycles. The number of rotatable bonds is 7. The number of benzene rings is 2. The summed E-state index contributed by atoms with van der Waals surface area (Å²) in [7, 11) is -0.452. The number of amides is 1. The van der Waals surface area contributed by atoms with Gasteiger partial charge in [0, 0.05) is 25.1 Å². The SMILES string of the molecule is COc1cc(/C=C/C(=O)N(C)c2ccc(S(C)(=O)=O)cc2)ccc1OC(F)F. The Kier molecular flexibility index (Phi) is 6.74. The number of hydrogen-bond donors (Lipinski definition) is 0. The first-order valence-electron chi connectivity index (χ1n) is 8.00. The molecule has 0 saturated heterocycles. The number of alkyl halides is 2. The van der Waals surface area contributed by atoms with E-state index in [1.807, 2.05) is 0 Å².